The summed E-state index contributed by atoms with van der Waals surface area (Å²) in [6.45, 7) is 6.17. The first-order valence-electron chi connectivity index (χ1n) is 10.4. The summed E-state index contributed by atoms with van der Waals surface area (Å²) in [6.07, 6.45) is 1.86. The number of nitrogens with zero attached hydrogens (tertiary/aromatic N) is 1. The molecular weight excluding hydrogens is 364 g/mol. The second-order valence-corrected chi connectivity index (χ2v) is 7.69. The number of rotatable bonds is 9. The Morgan fingerprint density at radius 1 is 1.10 bits per heavy atom. The van der Waals surface area contributed by atoms with Crippen LogP contribution in [-0.4, -0.2) is 50.8 Å². The monoisotopic (exact) mass is 396 g/mol. The second-order valence-electron chi connectivity index (χ2n) is 7.69. The van der Waals surface area contributed by atoms with Crippen molar-refractivity contribution >= 4 is 5.91 Å². The van der Waals surface area contributed by atoms with Gasteiger partial charge >= 0.3 is 0 Å². The summed E-state index contributed by atoms with van der Waals surface area (Å²) < 4.78 is 10.8. The van der Waals surface area contributed by atoms with E-state index < -0.39 is 0 Å². The Morgan fingerprint density at radius 2 is 1.79 bits per heavy atom. The molecule has 156 valence electrons. The van der Waals surface area contributed by atoms with Gasteiger partial charge in [0.05, 0.1) is 13.7 Å². The zero-order valence-electron chi connectivity index (χ0n) is 17.5. The number of methoxy groups -OCH3 is 1. The quantitative estimate of drug-likeness (QED) is 0.706. The standard InChI is InChI=1S/C24H32N2O3/c1-3-26(17-20-9-11-22(28-2)12-10-20)18-23(27)25-19-24(13-15-29-16-14-24)21-7-5-4-6-8-21/h4-12H,3,13-19H2,1-2H3,(H,25,27). The van der Waals surface area contributed by atoms with Gasteiger partial charge in [0.25, 0.3) is 0 Å². The molecule has 0 radical (unpaired) electrons. The summed E-state index contributed by atoms with van der Waals surface area (Å²) in [5.41, 5.74) is 2.42. The Morgan fingerprint density at radius 3 is 2.41 bits per heavy atom. The molecule has 0 atom stereocenters. The van der Waals surface area contributed by atoms with Crippen LogP contribution in [0.5, 0.6) is 5.75 Å². The molecule has 0 aliphatic carbocycles. The average Bonchev–Trinajstić information content (AvgIpc) is 2.79. The molecule has 0 bridgehead atoms. The predicted molar refractivity (Wildman–Crippen MR) is 115 cm³/mol. The SMILES string of the molecule is CCN(CC(=O)NCC1(c2ccccc2)CCOCC1)Cc1ccc(OC)cc1. The minimum atomic E-state index is -0.0395. The normalized spacial score (nSPS) is 15.8. The Balaban J connectivity index is 1.57. The lowest BCUT2D eigenvalue weighted by molar-refractivity contribution is -0.122. The van der Waals surface area contributed by atoms with Crippen LogP contribution in [0.4, 0.5) is 0 Å². The Hall–Kier alpha value is -2.37. The highest BCUT2D eigenvalue weighted by Gasteiger charge is 2.34. The summed E-state index contributed by atoms with van der Waals surface area (Å²) in [5, 5.41) is 3.20. The first-order chi connectivity index (χ1) is 14.1. The number of carbonyl (C=O) groups is 1. The molecule has 5 nitrogen and oxygen atoms in total. The van der Waals surface area contributed by atoms with Crippen molar-refractivity contribution in [2.45, 2.75) is 31.7 Å². The van der Waals surface area contributed by atoms with Crippen LogP contribution in [0.25, 0.3) is 0 Å². The number of amides is 1. The van der Waals surface area contributed by atoms with Gasteiger partial charge < -0.3 is 14.8 Å². The molecule has 1 heterocycles. The maximum atomic E-state index is 12.7. The van der Waals surface area contributed by atoms with Crippen LogP contribution in [0.3, 0.4) is 0 Å². The first kappa shape index (κ1) is 21.3. The Kier molecular flexibility index (Phi) is 7.67. The lowest BCUT2D eigenvalue weighted by atomic mass is 9.74. The maximum Gasteiger partial charge on any atom is 0.234 e. The van der Waals surface area contributed by atoms with Gasteiger partial charge in [-0.05, 0) is 42.6 Å². The summed E-state index contributed by atoms with van der Waals surface area (Å²) in [6, 6.07) is 18.5. The molecule has 1 amide bonds. The van der Waals surface area contributed by atoms with Crippen LogP contribution in [0.15, 0.2) is 54.6 Å². The topological polar surface area (TPSA) is 50.8 Å². The molecule has 0 unspecified atom stereocenters. The van der Waals surface area contributed by atoms with E-state index in [0.29, 0.717) is 13.1 Å². The van der Waals surface area contributed by atoms with Crippen LogP contribution >= 0.6 is 0 Å². The van der Waals surface area contributed by atoms with Gasteiger partial charge in [-0.2, -0.15) is 0 Å². The van der Waals surface area contributed by atoms with Gasteiger partial charge in [0, 0.05) is 31.7 Å². The van der Waals surface area contributed by atoms with Crippen LogP contribution < -0.4 is 10.1 Å². The van der Waals surface area contributed by atoms with Crippen molar-refractivity contribution in [3.8, 4) is 5.75 Å². The minimum Gasteiger partial charge on any atom is -0.497 e. The van der Waals surface area contributed by atoms with Gasteiger partial charge in [0.15, 0.2) is 0 Å². The van der Waals surface area contributed by atoms with E-state index in [9.17, 15) is 4.79 Å². The molecule has 2 aromatic rings. The minimum absolute atomic E-state index is 0.0395. The van der Waals surface area contributed by atoms with Crippen molar-refractivity contribution in [1.29, 1.82) is 0 Å². The molecule has 5 heteroatoms. The van der Waals surface area contributed by atoms with Crippen LogP contribution in [0, 0.1) is 0 Å². The smallest absolute Gasteiger partial charge is 0.234 e. The van der Waals surface area contributed by atoms with Gasteiger partial charge in [-0.25, -0.2) is 0 Å². The second kappa shape index (κ2) is 10.4. The molecule has 0 aromatic heterocycles. The highest BCUT2D eigenvalue weighted by molar-refractivity contribution is 5.78. The number of ether oxygens (including phenoxy) is 2. The van der Waals surface area contributed by atoms with E-state index in [2.05, 4.69) is 41.4 Å². The number of hydrogen-bond donors (Lipinski definition) is 1. The number of nitrogens with one attached hydrogen (secondary N) is 1. The third-order valence-corrected chi connectivity index (χ3v) is 5.84. The van der Waals surface area contributed by atoms with Crippen molar-refractivity contribution < 1.29 is 14.3 Å². The van der Waals surface area contributed by atoms with Gasteiger partial charge in [0.1, 0.15) is 5.75 Å². The highest BCUT2D eigenvalue weighted by Crippen LogP contribution is 2.34. The average molecular weight is 397 g/mol. The zero-order valence-corrected chi connectivity index (χ0v) is 17.5. The molecule has 1 fully saturated rings. The van der Waals surface area contributed by atoms with E-state index in [0.717, 1.165) is 44.9 Å². The lowest BCUT2D eigenvalue weighted by Crippen LogP contribution is -2.47. The Labute approximate surface area is 174 Å². The largest absolute Gasteiger partial charge is 0.497 e. The molecular formula is C24H32N2O3. The number of likely N-dealkylation sites (N-methyl/N-ethyl adjacent to an activating group) is 1. The molecule has 1 N–H and O–H groups in total. The van der Waals surface area contributed by atoms with Crippen LogP contribution in [0.2, 0.25) is 0 Å². The molecule has 2 aromatic carbocycles. The maximum absolute atomic E-state index is 12.7. The zero-order chi connectivity index (χ0) is 20.5. The molecule has 1 aliphatic heterocycles. The van der Waals surface area contributed by atoms with Crippen molar-refractivity contribution in [3.63, 3.8) is 0 Å². The third kappa shape index (κ3) is 5.81. The van der Waals surface area contributed by atoms with E-state index in [1.165, 1.54) is 11.1 Å². The van der Waals surface area contributed by atoms with Crippen molar-refractivity contribution in [2.75, 3.05) is 40.0 Å². The van der Waals surface area contributed by atoms with Gasteiger partial charge in [0.2, 0.25) is 5.91 Å². The van der Waals surface area contributed by atoms with Gasteiger partial charge in [-0.1, -0.05) is 49.4 Å². The Bertz CT molecular complexity index is 755. The molecule has 0 spiro atoms. The van der Waals surface area contributed by atoms with Crippen LogP contribution in [-0.2, 0) is 21.5 Å². The van der Waals surface area contributed by atoms with E-state index in [4.69, 9.17) is 9.47 Å². The summed E-state index contributed by atoms with van der Waals surface area (Å²) in [4.78, 5) is 14.9. The van der Waals surface area contributed by atoms with Crippen molar-refractivity contribution in [3.05, 3.63) is 65.7 Å². The van der Waals surface area contributed by atoms with Gasteiger partial charge in [-0.15, -0.1) is 0 Å². The van der Waals surface area contributed by atoms with E-state index in [-0.39, 0.29) is 11.3 Å². The molecule has 29 heavy (non-hydrogen) atoms. The molecule has 1 saturated heterocycles. The van der Waals surface area contributed by atoms with Crippen molar-refractivity contribution in [2.24, 2.45) is 0 Å². The summed E-state index contributed by atoms with van der Waals surface area (Å²) in [5.74, 6) is 0.916. The molecule has 3 rings (SSSR count). The number of carbonyl (C=O) groups excluding carboxylic acids is 1. The predicted octanol–water partition coefficient (Wildman–Crippen LogP) is 3.38. The van der Waals surface area contributed by atoms with Crippen molar-refractivity contribution in [1.82, 2.24) is 10.2 Å². The fourth-order valence-corrected chi connectivity index (χ4v) is 3.92. The number of benzene rings is 2. The molecule has 0 saturated carbocycles. The lowest BCUT2D eigenvalue weighted by Gasteiger charge is -2.38. The van der Waals surface area contributed by atoms with Gasteiger partial charge in [-0.3, -0.25) is 9.69 Å². The van der Waals surface area contributed by atoms with Crippen LogP contribution in [0.1, 0.15) is 30.9 Å². The van der Waals surface area contributed by atoms with E-state index in [1.807, 2.05) is 30.3 Å². The van der Waals surface area contributed by atoms with E-state index in [1.54, 1.807) is 7.11 Å². The fourth-order valence-electron chi connectivity index (χ4n) is 3.92. The summed E-state index contributed by atoms with van der Waals surface area (Å²) in [7, 11) is 1.67. The van der Waals surface area contributed by atoms with E-state index >= 15 is 0 Å². The number of hydrogen-bond acceptors (Lipinski definition) is 4. The first-order valence-corrected chi connectivity index (χ1v) is 10.4. The molecule has 1 aliphatic rings. The third-order valence-electron chi connectivity index (χ3n) is 5.84. The summed E-state index contributed by atoms with van der Waals surface area (Å²) >= 11 is 0. The fraction of sp³-hybridized carbons (Fsp3) is 0.458. The highest BCUT2D eigenvalue weighted by atomic mass is 16.5.